The van der Waals surface area contributed by atoms with E-state index in [-0.39, 0.29) is 6.04 Å². The SMILES string of the molecule is C=C1CCN[C@@H]1c1nc2ccc(-c3ccc4c(ccc5[nH]c([C@@H]6CCCCN6)nc54)c3)cc2[nH]1. The van der Waals surface area contributed by atoms with Crippen molar-refractivity contribution in [2.45, 2.75) is 37.8 Å². The zero-order valence-electron chi connectivity index (χ0n) is 19.1. The van der Waals surface area contributed by atoms with Gasteiger partial charge in [-0.15, -0.1) is 0 Å². The molecule has 2 aliphatic heterocycles. The van der Waals surface area contributed by atoms with Crippen LogP contribution >= 0.6 is 0 Å². The van der Waals surface area contributed by atoms with Crippen molar-refractivity contribution in [3.05, 3.63) is 72.3 Å². The van der Waals surface area contributed by atoms with Crippen LogP contribution < -0.4 is 10.6 Å². The Bertz CT molecular complexity index is 1550. The number of H-pyrrole nitrogens is 2. The number of rotatable bonds is 3. The molecule has 6 heteroatoms. The van der Waals surface area contributed by atoms with E-state index in [0.29, 0.717) is 6.04 Å². The van der Waals surface area contributed by atoms with Gasteiger partial charge in [0.25, 0.3) is 0 Å². The summed E-state index contributed by atoms with van der Waals surface area (Å²) in [5, 5.41) is 9.48. The fraction of sp³-hybridized carbons (Fsp3) is 0.286. The number of aromatic nitrogens is 4. The predicted octanol–water partition coefficient (Wildman–Crippen LogP) is 5.66. The molecule has 2 fully saturated rings. The number of hydrogen-bond donors (Lipinski definition) is 4. The maximum Gasteiger partial charge on any atom is 0.128 e. The van der Waals surface area contributed by atoms with E-state index in [9.17, 15) is 0 Å². The molecule has 2 saturated heterocycles. The summed E-state index contributed by atoms with van der Waals surface area (Å²) in [6.45, 7) is 6.22. The van der Waals surface area contributed by atoms with Gasteiger partial charge in [0.15, 0.2) is 0 Å². The minimum absolute atomic E-state index is 0.126. The van der Waals surface area contributed by atoms with Gasteiger partial charge in [0.2, 0.25) is 0 Å². The number of fused-ring (bicyclic) bond motifs is 4. The lowest BCUT2D eigenvalue weighted by atomic mass is 10.0. The van der Waals surface area contributed by atoms with Crippen LogP contribution in [0.4, 0.5) is 0 Å². The van der Waals surface area contributed by atoms with Crippen LogP contribution in [-0.2, 0) is 0 Å². The molecule has 7 rings (SSSR count). The first-order chi connectivity index (χ1) is 16.7. The van der Waals surface area contributed by atoms with Crippen LogP contribution in [0.5, 0.6) is 0 Å². The fourth-order valence-corrected chi connectivity index (χ4v) is 5.55. The van der Waals surface area contributed by atoms with Gasteiger partial charge in [0, 0.05) is 5.39 Å². The molecule has 4 N–H and O–H groups in total. The zero-order chi connectivity index (χ0) is 22.6. The number of piperidine rings is 1. The predicted molar refractivity (Wildman–Crippen MR) is 138 cm³/mol. The number of nitrogens with one attached hydrogen (secondary N) is 4. The first-order valence-electron chi connectivity index (χ1n) is 12.3. The van der Waals surface area contributed by atoms with Crippen LogP contribution in [-0.4, -0.2) is 33.0 Å². The van der Waals surface area contributed by atoms with E-state index >= 15 is 0 Å². The topological polar surface area (TPSA) is 81.4 Å². The molecule has 170 valence electrons. The summed E-state index contributed by atoms with van der Waals surface area (Å²) in [4.78, 5) is 16.9. The second-order valence-electron chi connectivity index (χ2n) is 9.67. The zero-order valence-corrected chi connectivity index (χ0v) is 19.1. The molecule has 2 aromatic heterocycles. The van der Waals surface area contributed by atoms with Crippen molar-refractivity contribution in [3.8, 4) is 11.1 Å². The molecule has 4 heterocycles. The van der Waals surface area contributed by atoms with E-state index < -0.39 is 0 Å². The molecule has 0 unspecified atom stereocenters. The van der Waals surface area contributed by atoms with Crippen molar-refractivity contribution in [2.75, 3.05) is 13.1 Å². The van der Waals surface area contributed by atoms with Gasteiger partial charge >= 0.3 is 0 Å². The smallest absolute Gasteiger partial charge is 0.128 e. The Kier molecular flexibility index (Phi) is 4.57. The number of hydrogen-bond acceptors (Lipinski definition) is 4. The van der Waals surface area contributed by atoms with Gasteiger partial charge in [-0.1, -0.05) is 42.8 Å². The van der Waals surface area contributed by atoms with Gasteiger partial charge in [-0.3, -0.25) is 0 Å². The van der Waals surface area contributed by atoms with E-state index in [4.69, 9.17) is 9.97 Å². The molecule has 2 atom stereocenters. The number of imidazole rings is 2. The van der Waals surface area contributed by atoms with Crippen molar-refractivity contribution in [2.24, 2.45) is 0 Å². The van der Waals surface area contributed by atoms with Gasteiger partial charge in [-0.05, 0) is 73.1 Å². The normalized spacial score (nSPS) is 21.2. The standard InChI is InChI=1S/C28H28N6/c1-16-11-13-30-25(16)28-31-21-9-6-18(15-24(21)33-28)17-5-8-20-19(14-17)7-10-22-26(20)34-27(32-22)23-4-2-3-12-29-23/h5-10,14-15,23,25,29-30H,1-4,11-13H2,(H,31,33)(H,32,34)/t23-,25-/m0/s1. The van der Waals surface area contributed by atoms with Crippen LogP contribution in [0.2, 0.25) is 0 Å². The Morgan fingerprint density at radius 3 is 2.53 bits per heavy atom. The largest absolute Gasteiger partial charge is 0.341 e. The first-order valence-corrected chi connectivity index (χ1v) is 12.3. The minimum Gasteiger partial charge on any atom is -0.341 e. The third-order valence-corrected chi connectivity index (χ3v) is 7.44. The van der Waals surface area contributed by atoms with Crippen LogP contribution in [0.1, 0.15) is 49.4 Å². The van der Waals surface area contributed by atoms with E-state index in [2.05, 4.69) is 75.7 Å². The second-order valence-corrected chi connectivity index (χ2v) is 9.67. The first kappa shape index (κ1) is 19.9. The van der Waals surface area contributed by atoms with Crippen LogP contribution in [0.25, 0.3) is 44.0 Å². The van der Waals surface area contributed by atoms with Crippen LogP contribution in [0, 0.1) is 0 Å². The van der Waals surface area contributed by atoms with Gasteiger partial charge in [-0.25, -0.2) is 9.97 Å². The van der Waals surface area contributed by atoms with Crippen molar-refractivity contribution in [1.29, 1.82) is 0 Å². The molecule has 0 saturated carbocycles. The highest BCUT2D eigenvalue weighted by Crippen LogP contribution is 2.33. The summed E-state index contributed by atoms with van der Waals surface area (Å²) in [5.41, 5.74) is 7.78. The fourth-order valence-electron chi connectivity index (χ4n) is 5.55. The molecular formula is C28H28N6. The lowest BCUT2D eigenvalue weighted by molar-refractivity contribution is 0.400. The molecule has 2 aliphatic rings. The van der Waals surface area contributed by atoms with Crippen molar-refractivity contribution < 1.29 is 0 Å². The summed E-state index contributed by atoms with van der Waals surface area (Å²) in [6, 6.07) is 18.0. The van der Waals surface area contributed by atoms with Gasteiger partial charge in [0.1, 0.15) is 11.6 Å². The monoisotopic (exact) mass is 448 g/mol. The Morgan fingerprint density at radius 2 is 1.68 bits per heavy atom. The Balaban J connectivity index is 1.25. The Hall–Kier alpha value is -3.48. The quantitative estimate of drug-likeness (QED) is 0.268. The molecule has 0 spiro atoms. The van der Waals surface area contributed by atoms with Crippen molar-refractivity contribution >= 4 is 32.8 Å². The maximum atomic E-state index is 5.01. The summed E-state index contributed by atoms with van der Waals surface area (Å²) in [5.74, 6) is 2.02. The van der Waals surface area contributed by atoms with Crippen molar-refractivity contribution in [1.82, 2.24) is 30.6 Å². The number of benzene rings is 3. The number of aromatic amines is 2. The van der Waals surface area contributed by atoms with Crippen LogP contribution in [0.15, 0.2) is 60.7 Å². The Morgan fingerprint density at radius 1 is 0.794 bits per heavy atom. The molecule has 3 aromatic carbocycles. The van der Waals surface area contributed by atoms with Crippen molar-refractivity contribution in [3.63, 3.8) is 0 Å². The summed E-state index contributed by atoms with van der Waals surface area (Å²) < 4.78 is 0. The van der Waals surface area contributed by atoms with Crippen LogP contribution in [0.3, 0.4) is 0 Å². The summed E-state index contributed by atoms with van der Waals surface area (Å²) >= 11 is 0. The molecule has 5 aromatic rings. The Labute approximate surface area is 197 Å². The van der Waals surface area contributed by atoms with E-state index in [1.165, 1.54) is 40.3 Å². The minimum atomic E-state index is 0.126. The van der Waals surface area contributed by atoms with E-state index in [1.54, 1.807) is 0 Å². The highest BCUT2D eigenvalue weighted by Gasteiger charge is 2.23. The highest BCUT2D eigenvalue weighted by molar-refractivity contribution is 6.05. The molecule has 34 heavy (non-hydrogen) atoms. The molecule has 0 radical (unpaired) electrons. The molecule has 0 aliphatic carbocycles. The summed E-state index contributed by atoms with van der Waals surface area (Å²) in [6.07, 6.45) is 4.66. The lowest BCUT2D eigenvalue weighted by Crippen LogP contribution is -2.27. The van der Waals surface area contributed by atoms with Gasteiger partial charge < -0.3 is 20.6 Å². The lowest BCUT2D eigenvalue weighted by Gasteiger charge is -2.21. The molecule has 0 bridgehead atoms. The number of nitrogens with zero attached hydrogens (tertiary/aromatic N) is 2. The molecule has 0 amide bonds. The molecular weight excluding hydrogens is 420 g/mol. The van der Waals surface area contributed by atoms with E-state index in [0.717, 1.165) is 59.6 Å². The van der Waals surface area contributed by atoms with Gasteiger partial charge in [0.05, 0.1) is 34.2 Å². The third-order valence-electron chi connectivity index (χ3n) is 7.44. The van der Waals surface area contributed by atoms with Gasteiger partial charge in [-0.2, -0.15) is 0 Å². The van der Waals surface area contributed by atoms with E-state index in [1.807, 2.05) is 0 Å². The average molecular weight is 449 g/mol. The average Bonchev–Trinajstić information content (AvgIpc) is 3.61. The highest BCUT2D eigenvalue weighted by atomic mass is 15.0. The third kappa shape index (κ3) is 3.25. The second kappa shape index (κ2) is 7.79. The molecule has 6 nitrogen and oxygen atoms in total. The summed E-state index contributed by atoms with van der Waals surface area (Å²) in [7, 11) is 0. The maximum absolute atomic E-state index is 5.01.